The van der Waals surface area contributed by atoms with Crippen molar-refractivity contribution in [2.75, 3.05) is 49.4 Å². The van der Waals surface area contributed by atoms with Crippen molar-refractivity contribution in [3.8, 4) is 22.9 Å². The molecule has 3 atom stereocenters. The van der Waals surface area contributed by atoms with Gasteiger partial charge in [-0.15, -0.1) is 0 Å². The van der Waals surface area contributed by atoms with Gasteiger partial charge in [-0.2, -0.15) is 23.5 Å². The molecule has 0 unspecified atom stereocenters. The maximum atomic E-state index is 13.9. The monoisotopic (exact) mass is 988 g/mol. The molecule has 0 bridgehead atoms. The fourth-order valence-corrected chi connectivity index (χ4v) is 8.78. The largest absolute Gasteiger partial charge is 0.494 e. The fraction of sp³-hybridized carbons (Fsp3) is 0.460. The summed E-state index contributed by atoms with van der Waals surface area (Å²) in [7, 11) is 0. The molecule has 0 spiro atoms. The zero-order chi connectivity index (χ0) is 51.0. The highest BCUT2D eigenvalue weighted by molar-refractivity contribution is 7.81. The Bertz CT molecular complexity index is 2560. The Morgan fingerprint density at radius 3 is 2.27 bits per heavy atom. The predicted octanol–water partition coefficient (Wildman–Crippen LogP) is 6.58. The zero-order valence-corrected chi connectivity index (χ0v) is 40.8. The normalized spacial score (nSPS) is 17.4. The van der Waals surface area contributed by atoms with Crippen LogP contribution in [-0.2, 0) is 41.4 Å². The summed E-state index contributed by atoms with van der Waals surface area (Å²) in [5.74, 6) is -1.31. The standard InChI is InChI=1S/C50H59F3N8O8S/c1-31-39(28-56-58-31)33-12-10-32(11-13-33)27-55-44(64)41-25-37(62)29-59(41)45(65)43(48(2,3)4)57-42(63)30-68-22-9-21-67-20-7-8-23-69-38-18-16-35(17-19-38)61-47(70)60(46(66)49(61,5)6)36-15-14-34(26-54)40(24-36)50(51,52)53/h10-19,24,28,37,41,43,62H,7-9,20-23,25,27,29-30H2,1-6H3,(H,55,64)(H,56,58)(H,57,63)/t37-,41+,43-/m1/s1. The summed E-state index contributed by atoms with van der Waals surface area (Å²) in [5.41, 5.74) is 0.494. The third-order valence-electron chi connectivity index (χ3n) is 12.1. The number of carbonyl (C=O) groups excluding carboxylic acids is 4. The van der Waals surface area contributed by atoms with Crippen LogP contribution >= 0.6 is 12.2 Å². The number of nitriles is 1. The molecule has 3 heterocycles. The number of unbranched alkanes of at least 4 members (excludes halogenated alkanes) is 1. The van der Waals surface area contributed by atoms with Gasteiger partial charge >= 0.3 is 6.18 Å². The number of aromatic amines is 1. The van der Waals surface area contributed by atoms with Crippen LogP contribution in [0.15, 0.2) is 72.9 Å². The number of β-amino-alcohol motifs (C(OH)–C–C–N with tert-alkyl or cyclic N) is 1. The summed E-state index contributed by atoms with van der Waals surface area (Å²) in [4.78, 5) is 57.8. The molecule has 0 aliphatic carbocycles. The van der Waals surface area contributed by atoms with Gasteiger partial charge in [0.15, 0.2) is 5.11 Å². The first-order valence-corrected chi connectivity index (χ1v) is 23.4. The van der Waals surface area contributed by atoms with Gasteiger partial charge in [0.1, 0.15) is 30.0 Å². The van der Waals surface area contributed by atoms with E-state index in [4.69, 9.17) is 26.4 Å². The highest BCUT2D eigenvalue weighted by Crippen LogP contribution is 2.40. The third-order valence-corrected chi connectivity index (χ3v) is 12.4. The van der Waals surface area contributed by atoms with Gasteiger partial charge in [-0.25, -0.2) is 0 Å². The van der Waals surface area contributed by atoms with Crippen molar-refractivity contribution in [2.24, 2.45) is 5.41 Å². The number of H-pyrrole nitrogens is 1. The highest BCUT2D eigenvalue weighted by atomic mass is 32.1. The Labute approximate surface area is 410 Å². The van der Waals surface area contributed by atoms with Crippen LogP contribution in [0.25, 0.3) is 11.1 Å². The number of aromatic nitrogens is 2. The van der Waals surface area contributed by atoms with Crippen LogP contribution in [0.5, 0.6) is 5.75 Å². The second kappa shape index (κ2) is 22.6. The lowest BCUT2D eigenvalue weighted by molar-refractivity contribution is -0.144. The Morgan fingerprint density at radius 1 is 0.971 bits per heavy atom. The van der Waals surface area contributed by atoms with Gasteiger partial charge in [-0.05, 0) is 111 Å². The molecule has 6 rings (SSSR count). The Morgan fingerprint density at radius 2 is 1.63 bits per heavy atom. The number of ether oxygens (including phenoxy) is 3. The van der Waals surface area contributed by atoms with Gasteiger partial charge in [0.05, 0.1) is 41.3 Å². The number of aliphatic hydroxyl groups excluding tert-OH is 1. The summed E-state index contributed by atoms with van der Waals surface area (Å²) < 4.78 is 58.3. The third kappa shape index (κ3) is 12.7. The fourth-order valence-electron chi connectivity index (χ4n) is 8.26. The molecule has 1 aromatic heterocycles. The second-order valence-electron chi connectivity index (χ2n) is 18.8. The maximum Gasteiger partial charge on any atom is 0.417 e. The molecular formula is C50H59F3N8O8S. The van der Waals surface area contributed by atoms with Crippen molar-refractivity contribution < 1.29 is 51.7 Å². The summed E-state index contributed by atoms with van der Waals surface area (Å²) in [5, 5.41) is 32.4. The smallest absolute Gasteiger partial charge is 0.417 e. The number of amides is 4. The molecule has 2 fully saturated rings. The Balaban J connectivity index is 0.867. The van der Waals surface area contributed by atoms with E-state index >= 15 is 0 Å². The highest BCUT2D eigenvalue weighted by Gasteiger charge is 2.51. The molecule has 0 radical (unpaired) electrons. The number of aryl methyl sites for hydroxylation is 1. The topological polar surface area (TPSA) is 202 Å². The number of halogens is 3. The number of rotatable bonds is 20. The van der Waals surface area contributed by atoms with Gasteiger partial charge in [0, 0.05) is 56.8 Å². The number of hydrogen-bond donors (Lipinski definition) is 4. The zero-order valence-electron chi connectivity index (χ0n) is 40.0. The summed E-state index contributed by atoms with van der Waals surface area (Å²) in [6, 6.07) is 17.3. The van der Waals surface area contributed by atoms with E-state index in [9.17, 15) is 42.7 Å². The van der Waals surface area contributed by atoms with E-state index in [1.165, 1.54) is 11.0 Å². The lowest BCUT2D eigenvalue weighted by Crippen LogP contribution is -2.58. The number of aliphatic hydroxyl groups is 1. The van der Waals surface area contributed by atoms with E-state index < -0.39 is 70.1 Å². The molecule has 4 N–H and O–H groups in total. The number of alkyl halides is 3. The van der Waals surface area contributed by atoms with E-state index in [0.717, 1.165) is 39.4 Å². The molecule has 0 saturated carbocycles. The molecule has 4 aromatic rings. The first-order chi connectivity index (χ1) is 33.1. The van der Waals surface area contributed by atoms with Crippen LogP contribution < -0.4 is 25.2 Å². The number of anilines is 2. The molecule has 2 saturated heterocycles. The molecule has 4 amide bonds. The number of nitrogens with one attached hydrogen (secondary N) is 3. The number of benzene rings is 3. The SMILES string of the molecule is Cc1n[nH]cc1-c1ccc(CNC(=O)[C@@H]2C[C@@H](O)CN2C(=O)[C@@H](NC(=O)COCCCOCCCCOc2ccc(N3C(=S)N(c4ccc(C#N)c(C(F)(F)F)c4)C(=O)C3(C)C)cc2)C(C)(C)C)cc1. The lowest BCUT2D eigenvalue weighted by Gasteiger charge is -2.35. The Hall–Kier alpha value is -6.40. The van der Waals surface area contributed by atoms with Crippen LogP contribution in [0.4, 0.5) is 24.5 Å². The van der Waals surface area contributed by atoms with Crippen LogP contribution in [-0.4, -0.2) is 112 Å². The molecule has 374 valence electrons. The number of nitrogens with zero attached hydrogens (tertiary/aromatic N) is 5. The average molecular weight is 989 g/mol. The number of hydrogen-bond acceptors (Lipinski definition) is 11. The van der Waals surface area contributed by atoms with E-state index in [2.05, 4.69) is 20.8 Å². The van der Waals surface area contributed by atoms with Crippen LogP contribution in [0.3, 0.4) is 0 Å². The minimum absolute atomic E-state index is 0.00746. The molecular weight excluding hydrogens is 930 g/mol. The van der Waals surface area contributed by atoms with Crippen molar-refractivity contribution in [1.82, 2.24) is 25.7 Å². The van der Waals surface area contributed by atoms with E-state index in [0.29, 0.717) is 50.5 Å². The summed E-state index contributed by atoms with van der Waals surface area (Å²) in [6.07, 6.45) is -1.88. The van der Waals surface area contributed by atoms with Crippen molar-refractivity contribution in [3.63, 3.8) is 0 Å². The molecule has 16 nitrogen and oxygen atoms in total. The molecule has 70 heavy (non-hydrogen) atoms. The predicted molar refractivity (Wildman–Crippen MR) is 258 cm³/mol. The van der Waals surface area contributed by atoms with E-state index in [1.807, 2.05) is 58.2 Å². The minimum atomic E-state index is -4.80. The number of likely N-dealkylation sites (tertiary alicyclic amines) is 1. The molecule has 3 aromatic carbocycles. The average Bonchev–Trinajstić information content (AvgIpc) is 3.98. The van der Waals surface area contributed by atoms with Crippen molar-refractivity contribution in [1.29, 1.82) is 5.26 Å². The van der Waals surface area contributed by atoms with Gasteiger partial charge in [0.25, 0.3) is 5.91 Å². The van der Waals surface area contributed by atoms with Crippen molar-refractivity contribution >= 4 is 52.3 Å². The van der Waals surface area contributed by atoms with Crippen LogP contribution in [0, 0.1) is 23.7 Å². The first kappa shape index (κ1) is 53.0. The van der Waals surface area contributed by atoms with Gasteiger partial charge in [-0.3, -0.25) is 29.2 Å². The van der Waals surface area contributed by atoms with Crippen LogP contribution in [0.1, 0.15) is 82.7 Å². The molecule has 2 aliphatic rings. The van der Waals surface area contributed by atoms with Crippen LogP contribution in [0.2, 0.25) is 0 Å². The molecule has 20 heteroatoms. The van der Waals surface area contributed by atoms with Gasteiger partial charge < -0.3 is 39.8 Å². The summed E-state index contributed by atoms with van der Waals surface area (Å²) in [6.45, 7) is 12.0. The number of carbonyl (C=O) groups is 4. The van der Waals surface area contributed by atoms with Gasteiger partial charge in [0.2, 0.25) is 17.7 Å². The quantitative estimate of drug-likeness (QED) is 0.0548. The summed E-state index contributed by atoms with van der Waals surface area (Å²) >= 11 is 5.62. The van der Waals surface area contributed by atoms with Crippen molar-refractivity contribution in [2.45, 2.75) is 104 Å². The number of thiocarbonyl (C=S) groups is 1. The Kier molecular flexibility index (Phi) is 17.1. The maximum absolute atomic E-state index is 13.9. The molecule has 2 aliphatic heterocycles. The second-order valence-corrected chi connectivity index (χ2v) is 19.2. The first-order valence-electron chi connectivity index (χ1n) is 23.0. The van der Waals surface area contributed by atoms with Gasteiger partial charge in [-0.1, -0.05) is 45.0 Å². The lowest BCUT2D eigenvalue weighted by atomic mass is 9.85. The van der Waals surface area contributed by atoms with Crippen molar-refractivity contribution in [3.05, 3.63) is 95.3 Å². The van der Waals surface area contributed by atoms with E-state index in [1.54, 1.807) is 49.1 Å². The minimum Gasteiger partial charge on any atom is -0.494 e. The van der Waals surface area contributed by atoms with E-state index in [-0.39, 0.29) is 43.5 Å².